The normalized spacial score (nSPS) is 11.1. The first-order valence-corrected chi connectivity index (χ1v) is 10.9. The highest BCUT2D eigenvalue weighted by molar-refractivity contribution is 8.01. The first-order chi connectivity index (χ1) is 11.8. The first-order valence-electron chi connectivity index (χ1n) is 6.90. The van der Waals surface area contributed by atoms with Gasteiger partial charge in [-0.15, -0.1) is 16.8 Å². The standard InChI is InChI=1S/C14H15ClN4O3S3/c1-3-7-23-14-18-17-13(24-14)16-12(20)9-19(25(2,21)22)11-6-4-5-10(15)8-11/h3-6,8H,1,7,9H2,2H3,(H,16,17,20). The van der Waals surface area contributed by atoms with E-state index in [1.54, 1.807) is 24.3 Å². The molecule has 1 amide bonds. The highest BCUT2D eigenvalue weighted by Gasteiger charge is 2.21. The molecule has 1 aromatic carbocycles. The van der Waals surface area contributed by atoms with Crippen molar-refractivity contribution in [1.29, 1.82) is 0 Å². The van der Waals surface area contributed by atoms with Crippen molar-refractivity contribution in [3.63, 3.8) is 0 Å². The van der Waals surface area contributed by atoms with Crippen LogP contribution in [-0.2, 0) is 14.8 Å². The fourth-order valence-electron chi connectivity index (χ4n) is 1.77. The lowest BCUT2D eigenvalue weighted by molar-refractivity contribution is -0.114. The number of halogens is 1. The Bertz CT molecular complexity index is 870. The number of nitrogens with zero attached hydrogens (tertiary/aromatic N) is 3. The van der Waals surface area contributed by atoms with Gasteiger partial charge in [0.1, 0.15) is 6.54 Å². The molecule has 25 heavy (non-hydrogen) atoms. The molecule has 0 bridgehead atoms. The predicted molar refractivity (Wildman–Crippen MR) is 103 cm³/mol. The van der Waals surface area contributed by atoms with Gasteiger partial charge in [-0.3, -0.25) is 14.4 Å². The van der Waals surface area contributed by atoms with Crippen LogP contribution in [0.5, 0.6) is 0 Å². The van der Waals surface area contributed by atoms with Crippen molar-refractivity contribution in [3.8, 4) is 0 Å². The van der Waals surface area contributed by atoms with Crippen LogP contribution >= 0.6 is 34.7 Å². The van der Waals surface area contributed by atoms with E-state index >= 15 is 0 Å². The van der Waals surface area contributed by atoms with Crippen LogP contribution in [-0.4, -0.2) is 43.1 Å². The third-order valence-corrected chi connectivity index (χ3v) is 6.10. The zero-order valence-electron chi connectivity index (χ0n) is 13.2. The van der Waals surface area contributed by atoms with Crippen LogP contribution in [0, 0.1) is 0 Å². The minimum Gasteiger partial charge on any atom is -0.299 e. The Balaban J connectivity index is 2.10. The number of amides is 1. The Hall–Kier alpha value is -1.62. The molecule has 0 fully saturated rings. The second-order valence-electron chi connectivity index (χ2n) is 4.77. The molecule has 1 N–H and O–H groups in total. The van der Waals surface area contributed by atoms with Gasteiger partial charge < -0.3 is 0 Å². The van der Waals surface area contributed by atoms with Crippen molar-refractivity contribution >= 4 is 61.4 Å². The average molecular weight is 419 g/mol. The molecular formula is C14H15ClN4O3S3. The molecule has 2 aromatic rings. The largest absolute Gasteiger partial charge is 0.299 e. The molecule has 0 aliphatic carbocycles. The van der Waals surface area contributed by atoms with E-state index in [1.807, 2.05) is 0 Å². The zero-order valence-corrected chi connectivity index (χ0v) is 16.4. The van der Waals surface area contributed by atoms with E-state index in [0.717, 1.165) is 10.6 Å². The predicted octanol–water partition coefficient (Wildman–Crippen LogP) is 2.87. The summed E-state index contributed by atoms with van der Waals surface area (Å²) in [5.41, 5.74) is 0.310. The molecule has 1 heterocycles. The Labute approximate surface area is 159 Å². The number of carbonyl (C=O) groups excluding carboxylic acids is 1. The van der Waals surface area contributed by atoms with Gasteiger partial charge in [0.25, 0.3) is 0 Å². The highest BCUT2D eigenvalue weighted by Crippen LogP contribution is 2.26. The lowest BCUT2D eigenvalue weighted by atomic mass is 10.3. The van der Waals surface area contributed by atoms with Crippen LogP contribution in [0.1, 0.15) is 0 Å². The fourth-order valence-corrected chi connectivity index (χ4v) is 4.33. The van der Waals surface area contributed by atoms with Crippen LogP contribution in [0.2, 0.25) is 5.02 Å². The van der Waals surface area contributed by atoms with Crippen LogP contribution in [0.25, 0.3) is 0 Å². The maximum Gasteiger partial charge on any atom is 0.246 e. The van der Waals surface area contributed by atoms with E-state index in [2.05, 4.69) is 22.1 Å². The lowest BCUT2D eigenvalue weighted by Gasteiger charge is -2.21. The van der Waals surface area contributed by atoms with Crippen molar-refractivity contribution in [2.24, 2.45) is 0 Å². The van der Waals surface area contributed by atoms with Crippen molar-refractivity contribution < 1.29 is 13.2 Å². The van der Waals surface area contributed by atoms with E-state index in [-0.39, 0.29) is 0 Å². The van der Waals surface area contributed by atoms with Gasteiger partial charge in [-0.2, -0.15) is 0 Å². The number of rotatable bonds is 8. The van der Waals surface area contributed by atoms with E-state index < -0.39 is 22.5 Å². The van der Waals surface area contributed by atoms with E-state index in [0.29, 0.717) is 25.9 Å². The first kappa shape index (κ1) is 19.7. The number of thioether (sulfide) groups is 1. The number of nitrogens with one attached hydrogen (secondary N) is 1. The van der Waals surface area contributed by atoms with Gasteiger partial charge in [-0.1, -0.05) is 46.8 Å². The highest BCUT2D eigenvalue weighted by atomic mass is 35.5. The van der Waals surface area contributed by atoms with Crippen molar-refractivity contribution in [2.75, 3.05) is 28.2 Å². The summed E-state index contributed by atoms with van der Waals surface area (Å²) < 4.78 is 25.7. The Morgan fingerprint density at radius 3 is 2.88 bits per heavy atom. The third kappa shape index (κ3) is 5.99. The van der Waals surface area contributed by atoms with Gasteiger partial charge in [0, 0.05) is 10.8 Å². The van der Waals surface area contributed by atoms with Gasteiger partial charge in [-0.25, -0.2) is 8.42 Å². The van der Waals surface area contributed by atoms with Crippen LogP contribution in [0.15, 0.2) is 41.3 Å². The summed E-state index contributed by atoms with van der Waals surface area (Å²) in [4.78, 5) is 12.2. The topological polar surface area (TPSA) is 92.3 Å². The van der Waals surface area contributed by atoms with E-state index in [1.165, 1.54) is 29.2 Å². The van der Waals surface area contributed by atoms with Crippen molar-refractivity contribution in [3.05, 3.63) is 41.9 Å². The van der Waals surface area contributed by atoms with Gasteiger partial charge in [0.05, 0.1) is 11.9 Å². The average Bonchev–Trinajstić information content (AvgIpc) is 2.97. The molecule has 7 nitrogen and oxygen atoms in total. The van der Waals surface area contributed by atoms with E-state index in [4.69, 9.17) is 11.6 Å². The summed E-state index contributed by atoms with van der Waals surface area (Å²) in [7, 11) is -3.66. The van der Waals surface area contributed by atoms with Crippen molar-refractivity contribution in [2.45, 2.75) is 4.34 Å². The smallest absolute Gasteiger partial charge is 0.246 e. The molecule has 0 saturated carbocycles. The van der Waals surface area contributed by atoms with Crippen LogP contribution in [0.4, 0.5) is 10.8 Å². The van der Waals surface area contributed by atoms with Gasteiger partial charge >= 0.3 is 0 Å². The SMILES string of the molecule is C=CCSc1nnc(NC(=O)CN(c2cccc(Cl)c2)S(C)(=O)=O)s1. The number of hydrogen-bond acceptors (Lipinski definition) is 7. The maximum absolute atomic E-state index is 12.2. The summed E-state index contributed by atoms with van der Waals surface area (Å²) in [5, 5.41) is 11.0. The second kappa shape index (κ2) is 8.65. The minimum atomic E-state index is -3.66. The number of anilines is 2. The summed E-state index contributed by atoms with van der Waals surface area (Å²) >= 11 is 8.55. The van der Waals surface area contributed by atoms with Gasteiger partial charge in [-0.05, 0) is 18.2 Å². The fraction of sp³-hybridized carbons (Fsp3) is 0.214. The molecule has 2 rings (SSSR count). The van der Waals surface area contributed by atoms with Gasteiger partial charge in [0.2, 0.25) is 21.1 Å². The molecule has 0 atom stereocenters. The second-order valence-corrected chi connectivity index (χ2v) is 9.36. The summed E-state index contributed by atoms with van der Waals surface area (Å²) in [5.74, 6) is 0.154. The quantitative estimate of drug-likeness (QED) is 0.402. The number of hydrogen-bond donors (Lipinski definition) is 1. The van der Waals surface area contributed by atoms with E-state index in [9.17, 15) is 13.2 Å². The number of carbonyl (C=O) groups is 1. The summed E-state index contributed by atoms with van der Waals surface area (Å²) in [6, 6.07) is 6.27. The minimum absolute atomic E-state index is 0.302. The maximum atomic E-state index is 12.2. The Kier molecular flexibility index (Phi) is 6.82. The summed E-state index contributed by atoms with van der Waals surface area (Å²) in [6.07, 6.45) is 2.76. The molecule has 0 aliphatic heterocycles. The molecule has 0 unspecified atom stereocenters. The molecule has 134 valence electrons. The summed E-state index contributed by atoms with van der Waals surface area (Å²) in [6.45, 7) is 3.22. The Morgan fingerprint density at radius 1 is 1.48 bits per heavy atom. The molecule has 0 saturated heterocycles. The number of benzene rings is 1. The van der Waals surface area contributed by atoms with Crippen LogP contribution in [0.3, 0.4) is 0 Å². The zero-order chi connectivity index (χ0) is 18.4. The van der Waals surface area contributed by atoms with Gasteiger partial charge in [0.15, 0.2) is 4.34 Å². The molecule has 0 aliphatic rings. The van der Waals surface area contributed by atoms with Crippen LogP contribution < -0.4 is 9.62 Å². The molecule has 0 radical (unpaired) electrons. The third-order valence-electron chi connectivity index (χ3n) is 2.76. The molecule has 0 spiro atoms. The lowest BCUT2D eigenvalue weighted by Crippen LogP contribution is -2.37. The Morgan fingerprint density at radius 2 is 2.24 bits per heavy atom. The number of aromatic nitrogens is 2. The van der Waals surface area contributed by atoms with Crippen molar-refractivity contribution in [1.82, 2.24) is 10.2 Å². The molecule has 1 aromatic heterocycles. The molecule has 11 heteroatoms. The monoisotopic (exact) mass is 418 g/mol. The molecular weight excluding hydrogens is 404 g/mol. The number of sulfonamides is 1.